The predicted octanol–water partition coefficient (Wildman–Crippen LogP) is 2.89. The lowest BCUT2D eigenvalue weighted by Crippen LogP contribution is -2.31. The monoisotopic (exact) mass is 361 g/mol. The fourth-order valence-electron chi connectivity index (χ4n) is 2.69. The Labute approximate surface area is 146 Å². The molecule has 1 N–H and O–H groups in total. The predicted molar refractivity (Wildman–Crippen MR) is 95.6 cm³/mol. The Morgan fingerprint density at radius 3 is 2.50 bits per heavy atom. The van der Waals surface area contributed by atoms with Gasteiger partial charge in [-0.3, -0.25) is 4.79 Å². The summed E-state index contributed by atoms with van der Waals surface area (Å²) in [5.74, 6) is -0.496. The van der Waals surface area contributed by atoms with Crippen LogP contribution in [0.15, 0.2) is 64.4 Å². The van der Waals surface area contributed by atoms with Gasteiger partial charge in [0.1, 0.15) is 0 Å². The summed E-state index contributed by atoms with van der Waals surface area (Å²) in [4.78, 5) is 14.4. The first-order valence-electron chi connectivity index (χ1n) is 7.82. The van der Waals surface area contributed by atoms with Crippen LogP contribution in [0.1, 0.15) is 12.0 Å². The molecule has 0 spiro atoms. The van der Waals surface area contributed by atoms with Gasteiger partial charge in [-0.1, -0.05) is 48.2 Å². The summed E-state index contributed by atoms with van der Waals surface area (Å²) in [5.41, 5.74) is 1.03. The van der Waals surface area contributed by atoms with Gasteiger partial charge < -0.3 is 5.32 Å². The van der Waals surface area contributed by atoms with E-state index < -0.39 is 15.8 Å². The van der Waals surface area contributed by atoms with Crippen molar-refractivity contribution < 1.29 is 13.2 Å². The van der Waals surface area contributed by atoms with Crippen molar-refractivity contribution in [3.63, 3.8) is 0 Å². The first-order valence-corrected chi connectivity index (χ1v) is 10.5. The minimum atomic E-state index is -3.04. The lowest BCUT2D eigenvalue weighted by Gasteiger charge is -2.12. The molecule has 1 amide bonds. The fourth-order valence-corrected chi connectivity index (χ4v) is 5.40. The third kappa shape index (κ3) is 4.39. The van der Waals surface area contributed by atoms with E-state index in [9.17, 15) is 13.2 Å². The van der Waals surface area contributed by atoms with E-state index in [0.29, 0.717) is 13.0 Å². The van der Waals surface area contributed by atoms with Gasteiger partial charge in [0.15, 0.2) is 9.84 Å². The number of hydrogen-bond acceptors (Lipinski definition) is 4. The van der Waals surface area contributed by atoms with Crippen molar-refractivity contribution in [2.24, 2.45) is 5.92 Å². The smallest absolute Gasteiger partial charge is 0.224 e. The van der Waals surface area contributed by atoms with Crippen molar-refractivity contribution in [2.45, 2.75) is 22.8 Å². The van der Waals surface area contributed by atoms with Crippen molar-refractivity contribution in [3.8, 4) is 0 Å². The van der Waals surface area contributed by atoms with E-state index in [4.69, 9.17) is 0 Å². The Morgan fingerprint density at radius 2 is 1.79 bits per heavy atom. The zero-order valence-corrected chi connectivity index (χ0v) is 14.8. The summed E-state index contributed by atoms with van der Waals surface area (Å²) in [5, 5.41) is 2.89. The number of hydrogen-bond donors (Lipinski definition) is 1. The molecule has 24 heavy (non-hydrogen) atoms. The van der Waals surface area contributed by atoms with Gasteiger partial charge >= 0.3 is 0 Å². The SMILES string of the molecule is O=C(NCc1ccccc1Sc1ccccc1)C1CCS(=O)(=O)C1. The Bertz CT molecular complexity index is 819. The molecule has 2 aromatic carbocycles. The number of amides is 1. The lowest BCUT2D eigenvalue weighted by atomic mass is 10.1. The van der Waals surface area contributed by atoms with Gasteiger partial charge in [-0.05, 0) is 30.2 Å². The summed E-state index contributed by atoms with van der Waals surface area (Å²) < 4.78 is 23.0. The highest BCUT2D eigenvalue weighted by Gasteiger charge is 2.32. The molecular weight excluding hydrogens is 342 g/mol. The molecule has 1 saturated heterocycles. The molecule has 6 heteroatoms. The minimum Gasteiger partial charge on any atom is -0.352 e. The van der Waals surface area contributed by atoms with Gasteiger partial charge in [0.05, 0.1) is 17.4 Å². The first kappa shape index (κ1) is 17.0. The van der Waals surface area contributed by atoms with Crippen LogP contribution in [0, 0.1) is 5.92 Å². The zero-order valence-electron chi connectivity index (χ0n) is 13.1. The molecule has 0 aliphatic carbocycles. The van der Waals surface area contributed by atoms with Crippen LogP contribution in [-0.4, -0.2) is 25.8 Å². The van der Waals surface area contributed by atoms with E-state index in [1.54, 1.807) is 11.8 Å². The van der Waals surface area contributed by atoms with Gasteiger partial charge in [-0.15, -0.1) is 0 Å². The van der Waals surface area contributed by atoms with Gasteiger partial charge in [0, 0.05) is 16.3 Å². The number of benzene rings is 2. The topological polar surface area (TPSA) is 63.2 Å². The second kappa shape index (κ2) is 7.40. The fraction of sp³-hybridized carbons (Fsp3) is 0.278. The van der Waals surface area contributed by atoms with Gasteiger partial charge in [0.25, 0.3) is 0 Å². The van der Waals surface area contributed by atoms with Crippen LogP contribution in [0.4, 0.5) is 0 Å². The highest BCUT2D eigenvalue weighted by Crippen LogP contribution is 2.30. The Kier molecular flexibility index (Phi) is 5.26. The molecule has 1 unspecified atom stereocenters. The average molecular weight is 361 g/mol. The highest BCUT2D eigenvalue weighted by atomic mass is 32.2. The summed E-state index contributed by atoms with van der Waals surface area (Å²) >= 11 is 1.65. The molecule has 0 aromatic heterocycles. The van der Waals surface area contributed by atoms with E-state index in [-0.39, 0.29) is 17.4 Å². The van der Waals surface area contributed by atoms with E-state index in [2.05, 4.69) is 5.32 Å². The van der Waals surface area contributed by atoms with E-state index >= 15 is 0 Å². The molecule has 1 aliphatic rings. The summed E-state index contributed by atoms with van der Waals surface area (Å²) in [6, 6.07) is 18.0. The van der Waals surface area contributed by atoms with Crippen LogP contribution < -0.4 is 5.32 Å². The zero-order chi connectivity index (χ0) is 17.0. The van der Waals surface area contributed by atoms with Crippen molar-refractivity contribution in [3.05, 3.63) is 60.2 Å². The average Bonchev–Trinajstić information content (AvgIpc) is 2.95. The largest absolute Gasteiger partial charge is 0.352 e. The number of carbonyl (C=O) groups excluding carboxylic acids is 1. The Hall–Kier alpha value is -1.79. The molecule has 2 aromatic rings. The quantitative estimate of drug-likeness (QED) is 0.889. The molecule has 1 aliphatic heterocycles. The number of rotatable bonds is 5. The first-order chi connectivity index (χ1) is 11.5. The molecule has 1 heterocycles. The normalized spacial score (nSPS) is 19.1. The number of nitrogens with one attached hydrogen (secondary N) is 1. The molecule has 0 saturated carbocycles. The molecule has 3 rings (SSSR count). The van der Waals surface area contributed by atoms with Crippen LogP contribution in [0.25, 0.3) is 0 Å². The highest BCUT2D eigenvalue weighted by molar-refractivity contribution is 7.99. The molecule has 1 fully saturated rings. The van der Waals surface area contributed by atoms with E-state index in [1.165, 1.54) is 0 Å². The molecule has 1 atom stereocenters. The van der Waals surface area contributed by atoms with Crippen molar-refractivity contribution in [2.75, 3.05) is 11.5 Å². The second-order valence-corrected chi connectivity index (χ2v) is 9.18. The number of carbonyl (C=O) groups is 1. The molecule has 4 nitrogen and oxygen atoms in total. The van der Waals surface area contributed by atoms with Crippen LogP contribution in [0.2, 0.25) is 0 Å². The van der Waals surface area contributed by atoms with Crippen molar-refractivity contribution in [1.82, 2.24) is 5.32 Å². The van der Waals surface area contributed by atoms with Crippen LogP contribution in [0.3, 0.4) is 0 Å². The van der Waals surface area contributed by atoms with Crippen molar-refractivity contribution in [1.29, 1.82) is 0 Å². The summed E-state index contributed by atoms with van der Waals surface area (Å²) in [6.07, 6.45) is 0.425. The molecule has 126 valence electrons. The molecule has 0 bridgehead atoms. The minimum absolute atomic E-state index is 0.0285. The number of sulfone groups is 1. The third-order valence-corrected chi connectivity index (χ3v) is 6.89. The van der Waals surface area contributed by atoms with Crippen LogP contribution >= 0.6 is 11.8 Å². The van der Waals surface area contributed by atoms with Gasteiger partial charge in [-0.2, -0.15) is 0 Å². The molecule has 0 radical (unpaired) electrons. The van der Waals surface area contributed by atoms with E-state index in [1.807, 2.05) is 54.6 Å². The molecular formula is C18H19NO3S2. The summed E-state index contributed by atoms with van der Waals surface area (Å²) in [6.45, 7) is 0.408. The van der Waals surface area contributed by atoms with Crippen LogP contribution in [-0.2, 0) is 21.2 Å². The maximum absolute atomic E-state index is 12.2. The lowest BCUT2D eigenvalue weighted by molar-refractivity contribution is -0.124. The van der Waals surface area contributed by atoms with Crippen LogP contribution in [0.5, 0.6) is 0 Å². The Balaban J connectivity index is 1.64. The maximum Gasteiger partial charge on any atom is 0.224 e. The van der Waals surface area contributed by atoms with Gasteiger partial charge in [-0.25, -0.2) is 8.42 Å². The Morgan fingerprint density at radius 1 is 1.08 bits per heavy atom. The summed E-state index contributed by atoms with van der Waals surface area (Å²) in [7, 11) is -3.04. The third-order valence-electron chi connectivity index (χ3n) is 4.00. The van der Waals surface area contributed by atoms with Gasteiger partial charge in [0.2, 0.25) is 5.91 Å². The maximum atomic E-state index is 12.2. The van der Waals surface area contributed by atoms with Crippen molar-refractivity contribution >= 4 is 27.5 Å². The van der Waals surface area contributed by atoms with E-state index in [0.717, 1.165) is 15.4 Å². The second-order valence-electron chi connectivity index (χ2n) is 5.84. The standard InChI is InChI=1S/C18H19NO3S2/c20-18(15-10-11-24(21,22)13-15)19-12-14-6-4-5-9-17(14)23-16-7-2-1-3-8-16/h1-9,15H,10-13H2,(H,19,20).